The molecule has 2 N–H and O–H groups in total. The molecule has 124 valence electrons. The number of aliphatic carboxylic acids is 1. The number of ether oxygens (including phenoxy) is 1. The number of benzene rings is 1. The number of carboxylic acids is 1. The summed E-state index contributed by atoms with van der Waals surface area (Å²) in [6.07, 6.45) is 2.58. The first-order valence-corrected chi connectivity index (χ1v) is 8.13. The van der Waals surface area contributed by atoms with Gasteiger partial charge in [-0.15, -0.1) is 0 Å². The van der Waals surface area contributed by atoms with Crippen LogP contribution in [0.15, 0.2) is 18.2 Å². The molecule has 1 aliphatic heterocycles. The maximum Gasteiger partial charge on any atom is 0.306 e. The summed E-state index contributed by atoms with van der Waals surface area (Å²) in [6, 6.07) is 5.76. The molecule has 0 aromatic heterocycles. The van der Waals surface area contributed by atoms with Crippen LogP contribution in [0, 0.1) is 19.8 Å². The van der Waals surface area contributed by atoms with E-state index in [0.717, 1.165) is 12.0 Å². The fraction of sp³-hybridized carbons (Fsp3) is 0.556. The molecule has 2 aliphatic rings. The summed E-state index contributed by atoms with van der Waals surface area (Å²) in [7, 11) is 0. The average molecular weight is 317 g/mol. The van der Waals surface area contributed by atoms with Crippen molar-refractivity contribution >= 4 is 11.9 Å². The molecule has 2 fully saturated rings. The average Bonchev–Trinajstić information content (AvgIpc) is 2.47. The molecular weight excluding hydrogens is 294 g/mol. The zero-order chi connectivity index (χ0) is 16.6. The van der Waals surface area contributed by atoms with E-state index in [1.54, 1.807) is 0 Å². The third kappa shape index (κ3) is 3.24. The lowest BCUT2D eigenvalue weighted by Gasteiger charge is -2.50. The van der Waals surface area contributed by atoms with Gasteiger partial charge in [-0.2, -0.15) is 0 Å². The third-order valence-electron chi connectivity index (χ3n) is 5.18. The van der Waals surface area contributed by atoms with Crippen LogP contribution in [0.25, 0.3) is 0 Å². The number of hydrogen-bond acceptors (Lipinski definition) is 3. The maximum absolute atomic E-state index is 12.4. The Bertz CT molecular complexity index is 634. The minimum absolute atomic E-state index is 0.0487. The molecule has 5 heteroatoms. The van der Waals surface area contributed by atoms with E-state index in [1.165, 1.54) is 5.56 Å². The summed E-state index contributed by atoms with van der Waals surface area (Å²) >= 11 is 0. The van der Waals surface area contributed by atoms with Gasteiger partial charge in [0, 0.05) is 18.2 Å². The van der Waals surface area contributed by atoms with Crippen molar-refractivity contribution in [1.29, 1.82) is 0 Å². The molecule has 3 rings (SSSR count). The highest BCUT2D eigenvalue weighted by molar-refractivity contribution is 5.94. The van der Waals surface area contributed by atoms with Crippen molar-refractivity contribution in [2.75, 3.05) is 6.61 Å². The van der Waals surface area contributed by atoms with E-state index in [4.69, 9.17) is 9.84 Å². The highest BCUT2D eigenvalue weighted by atomic mass is 16.5. The molecular formula is C18H23NO4. The topological polar surface area (TPSA) is 75.6 Å². The zero-order valence-corrected chi connectivity index (χ0v) is 13.6. The lowest BCUT2D eigenvalue weighted by atomic mass is 9.66. The Morgan fingerprint density at radius 3 is 2.61 bits per heavy atom. The molecule has 1 saturated heterocycles. The second-order valence-corrected chi connectivity index (χ2v) is 6.94. The van der Waals surface area contributed by atoms with Crippen LogP contribution in [0.5, 0.6) is 0 Å². The van der Waals surface area contributed by atoms with E-state index in [2.05, 4.69) is 5.32 Å². The minimum Gasteiger partial charge on any atom is -0.481 e. The molecule has 1 aromatic carbocycles. The van der Waals surface area contributed by atoms with E-state index in [9.17, 15) is 9.59 Å². The molecule has 1 amide bonds. The molecule has 1 saturated carbocycles. The van der Waals surface area contributed by atoms with Gasteiger partial charge in [-0.3, -0.25) is 9.59 Å². The molecule has 0 radical (unpaired) electrons. The van der Waals surface area contributed by atoms with Gasteiger partial charge in [0.05, 0.1) is 11.5 Å². The number of carboxylic acid groups (broad SMARTS) is 1. The lowest BCUT2D eigenvalue weighted by Crippen LogP contribution is -2.56. The SMILES string of the molecule is Cc1ccc(C(=O)NC2CCOC3(C2)CC(C(=O)O)C3)cc1C. The van der Waals surface area contributed by atoms with Gasteiger partial charge in [0.2, 0.25) is 0 Å². The van der Waals surface area contributed by atoms with Crippen molar-refractivity contribution < 1.29 is 19.4 Å². The summed E-state index contributed by atoms with van der Waals surface area (Å²) in [6.45, 7) is 4.59. The van der Waals surface area contributed by atoms with E-state index in [-0.39, 0.29) is 23.5 Å². The number of aryl methyl sites for hydroxylation is 2. The van der Waals surface area contributed by atoms with E-state index in [1.807, 2.05) is 32.0 Å². The number of hydrogen-bond donors (Lipinski definition) is 2. The molecule has 23 heavy (non-hydrogen) atoms. The smallest absolute Gasteiger partial charge is 0.306 e. The van der Waals surface area contributed by atoms with Crippen molar-refractivity contribution in [3.05, 3.63) is 34.9 Å². The number of rotatable bonds is 3. The molecule has 1 spiro atoms. The zero-order valence-electron chi connectivity index (χ0n) is 13.6. The number of carbonyl (C=O) groups is 2. The Kier molecular flexibility index (Phi) is 4.15. The predicted molar refractivity (Wildman–Crippen MR) is 85.4 cm³/mol. The van der Waals surface area contributed by atoms with E-state index in [0.29, 0.717) is 31.4 Å². The second-order valence-electron chi connectivity index (χ2n) is 6.94. The highest BCUT2D eigenvalue weighted by Gasteiger charge is 2.51. The van der Waals surface area contributed by atoms with Crippen molar-refractivity contribution in [2.24, 2.45) is 5.92 Å². The van der Waals surface area contributed by atoms with Crippen LogP contribution < -0.4 is 5.32 Å². The van der Waals surface area contributed by atoms with Gasteiger partial charge < -0.3 is 15.2 Å². The van der Waals surface area contributed by atoms with Crippen molar-refractivity contribution in [3.8, 4) is 0 Å². The minimum atomic E-state index is -0.750. The van der Waals surface area contributed by atoms with Crippen LogP contribution >= 0.6 is 0 Å². The van der Waals surface area contributed by atoms with Crippen molar-refractivity contribution in [1.82, 2.24) is 5.32 Å². The van der Waals surface area contributed by atoms with Gasteiger partial charge in [-0.1, -0.05) is 6.07 Å². The fourth-order valence-corrected chi connectivity index (χ4v) is 3.60. The van der Waals surface area contributed by atoms with Crippen LogP contribution in [-0.4, -0.2) is 35.2 Å². The first-order chi connectivity index (χ1) is 10.9. The predicted octanol–water partition coefficient (Wildman–Crippen LogP) is 2.45. The molecule has 5 nitrogen and oxygen atoms in total. The van der Waals surface area contributed by atoms with E-state index >= 15 is 0 Å². The summed E-state index contributed by atoms with van der Waals surface area (Å²) in [5, 5.41) is 12.1. The molecule has 1 atom stereocenters. The second kappa shape index (κ2) is 5.96. The number of amides is 1. The van der Waals surface area contributed by atoms with Crippen LogP contribution in [0.2, 0.25) is 0 Å². The van der Waals surface area contributed by atoms with Crippen LogP contribution in [-0.2, 0) is 9.53 Å². The molecule has 1 heterocycles. The Balaban J connectivity index is 1.60. The number of carbonyl (C=O) groups excluding carboxylic acids is 1. The quantitative estimate of drug-likeness (QED) is 0.898. The Morgan fingerprint density at radius 1 is 1.22 bits per heavy atom. The van der Waals surface area contributed by atoms with Gasteiger partial charge in [0.1, 0.15) is 0 Å². The Morgan fingerprint density at radius 2 is 1.96 bits per heavy atom. The van der Waals surface area contributed by atoms with Gasteiger partial charge >= 0.3 is 5.97 Å². The van der Waals surface area contributed by atoms with Crippen molar-refractivity contribution in [3.63, 3.8) is 0 Å². The van der Waals surface area contributed by atoms with Crippen LogP contribution in [0.1, 0.15) is 47.2 Å². The summed E-state index contributed by atoms with van der Waals surface area (Å²) in [4.78, 5) is 23.4. The molecule has 1 aromatic rings. The van der Waals surface area contributed by atoms with E-state index < -0.39 is 5.97 Å². The largest absolute Gasteiger partial charge is 0.481 e. The van der Waals surface area contributed by atoms with Crippen LogP contribution in [0.3, 0.4) is 0 Å². The first-order valence-electron chi connectivity index (χ1n) is 8.13. The molecule has 1 unspecified atom stereocenters. The lowest BCUT2D eigenvalue weighted by molar-refractivity contribution is -0.181. The standard InChI is InChI=1S/C18H23NO4/c1-11-3-4-13(7-12(11)2)16(20)19-15-5-6-23-18(10-15)8-14(9-18)17(21)22/h3-4,7,14-15H,5-6,8-10H2,1-2H3,(H,19,20)(H,21,22). The normalized spacial score (nSPS) is 29.8. The molecule has 0 bridgehead atoms. The number of nitrogens with one attached hydrogen (secondary N) is 1. The van der Waals surface area contributed by atoms with Gasteiger partial charge in [-0.05, 0) is 62.8 Å². The summed E-state index contributed by atoms with van der Waals surface area (Å²) in [5.41, 5.74) is 2.60. The fourth-order valence-electron chi connectivity index (χ4n) is 3.60. The van der Waals surface area contributed by atoms with Gasteiger partial charge in [0.15, 0.2) is 0 Å². The monoisotopic (exact) mass is 317 g/mol. The maximum atomic E-state index is 12.4. The van der Waals surface area contributed by atoms with Gasteiger partial charge in [-0.25, -0.2) is 0 Å². The van der Waals surface area contributed by atoms with Crippen LogP contribution in [0.4, 0.5) is 0 Å². The van der Waals surface area contributed by atoms with Gasteiger partial charge in [0.25, 0.3) is 5.91 Å². The Labute approximate surface area is 136 Å². The highest BCUT2D eigenvalue weighted by Crippen LogP contribution is 2.46. The summed E-state index contributed by atoms with van der Waals surface area (Å²) < 4.78 is 5.82. The molecule has 1 aliphatic carbocycles. The summed E-state index contributed by atoms with van der Waals surface area (Å²) in [5.74, 6) is -1.12. The van der Waals surface area contributed by atoms with Crippen molar-refractivity contribution in [2.45, 2.75) is 51.2 Å². The third-order valence-corrected chi connectivity index (χ3v) is 5.18. The first kappa shape index (κ1) is 16.0. The Hall–Kier alpha value is -1.88.